The van der Waals surface area contributed by atoms with Crippen molar-refractivity contribution in [3.05, 3.63) is 41.5 Å². The van der Waals surface area contributed by atoms with Gasteiger partial charge in [-0.15, -0.1) is 0 Å². The number of amides is 4. The van der Waals surface area contributed by atoms with Crippen LogP contribution < -0.4 is 15.4 Å². The monoisotopic (exact) mass is 654 g/mol. The van der Waals surface area contributed by atoms with E-state index in [0.29, 0.717) is 56.2 Å². The van der Waals surface area contributed by atoms with Gasteiger partial charge < -0.3 is 34.8 Å². The zero-order valence-corrected chi connectivity index (χ0v) is 28.1. The zero-order chi connectivity index (χ0) is 33.9. The van der Waals surface area contributed by atoms with Crippen LogP contribution in [0.15, 0.2) is 28.8 Å². The molecule has 1 fully saturated rings. The van der Waals surface area contributed by atoms with Gasteiger partial charge in [0.05, 0.1) is 11.7 Å². The molecular weight excluding hydrogens is 604 g/mol. The third kappa shape index (κ3) is 9.75. The smallest absolute Gasteiger partial charge is 0.255 e. The molecule has 4 rings (SSSR count). The van der Waals surface area contributed by atoms with Crippen molar-refractivity contribution in [2.45, 2.75) is 116 Å². The first-order valence-electron chi connectivity index (χ1n) is 16.9. The Morgan fingerprint density at radius 3 is 2.45 bits per heavy atom. The number of carbonyl (C=O) groups excluding carboxylic acids is 4. The number of para-hydroxylation sites is 1. The molecule has 2 bridgehead atoms. The largest absolute Gasteiger partial charge is 0.485 e. The lowest BCUT2D eigenvalue weighted by Gasteiger charge is -2.35. The summed E-state index contributed by atoms with van der Waals surface area (Å²) in [5, 5.41) is 20.3. The number of rotatable bonds is 3. The van der Waals surface area contributed by atoms with E-state index in [1.54, 1.807) is 24.3 Å². The molecule has 0 spiro atoms. The van der Waals surface area contributed by atoms with Crippen molar-refractivity contribution in [2.75, 3.05) is 20.1 Å². The van der Waals surface area contributed by atoms with Gasteiger partial charge in [0.2, 0.25) is 29.4 Å². The molecule has 13 heteroatoms. The summed E-state index contributed by atoms with van der Waals surface area (Å²) < 4.78 is 11.3. The molecule has 0 saturated carbocycles. The average Bonchev–Trinajstić information content (AvgIpc) is 3.71. The molecule has 13 nitrogen and oxygen atoms in total. The minimum Gasteiger partial charge on any atom is -0.485 e. The summed E-state index contributed by atoms with van der Waals surface area (Å²) in [7, 11) is 1.49. The molecule has 258 valence electrons. The van der Waals surface area contributed by atoms with Gasteiger partial charge in [0, 0.05) is 26.6 Å². The SMILES string of the molecule is CC(C)C[C@H]1NC(=O)c2ccccc2OCc2noc(n2)CCCCCCCCNC(=O)C([C@@H](C)O)N(C)C(=O)[C@H]2CCCN2C1=O. The molecule has 2 aliphatic rings. The molecule has 4 atom stereocenters. The van der Waals surface area contributed by atoms with Crippen LogP contribution in [0.25, 0.3) is 0 Å². The lowest BCUT2D eigenvalue weighted by Crippen LogP contribution is -2.59. The van der Waals surface area contributed by atoms with Crippen LogP contribution in [-0.4, -0.2) is 93.0 Å². The van der Waals surface area contributed by atoms with Gasteiger partial charge in [-0.1, -0.05) is 56.8 Å². The van der Waals surface area contributed by atoms with Crippen LogP contribution in [0, 0.1) is 5.92 Å². The predicted octanol–water partition coefficient (Wildman–Crippen LogP) is 3.00. The van der Waals surface area contributed by atoms with Gasteiger partial charge in [-0.3, -0.25) is 19.2 Å². The maximum Gasteiger partial charge on any atom is 0.255 e. The summed E-state index contributed by atoms with van der Waals surface area (Å²) in [6.07, 6.45) is 6.54. The van der Waals surface area contributed by atoms with Gasteiger partial charge in [0.15, 0.2) is 6.61 Å². The van der Waals surface area contributed by atoms with Crippen LogP contribution in [-0.2, 0) is 27.4 Å². The normalized spacial score (nSPS) is 23.8. The van der Waals surface area contributed by atoms with Gasteiger partial charge >= 0.3 is 0 Å². The van der Waals surface area contributed by atoms with Crippen molar-refractivity contribution in [1.29, 1.82) is 0 Å². The number of likely N-dealkylation sites (N-methyl/N-ethyl adjacent to an activating group) is 1. The zero-order valence-electron chi connectivity index (χ0n) is 28.1. The van der Waals surface area contributed by atoms with Gasteiger partial charge in [0.25, 0.3) is 5.91 Å². The third-order valence-corrected chi connectivity index (χ3v) is 8.74. The molecule has 2 aliphatic heterocycles. The number of ether oxygens (including phenoxy) is 1. The van der Waals surface area contributed by atoms with Crippen LogP contribution in [0.4, 0.5) is 0 Å². The minimum atomic E-state index is -1.12. The highest BCUT2D eigenvalue weighted by Gasteiger charge is 2.42. The number of hydrogen-bond donors (Lipinski definition) is 3. The molecular formula is C34H50N6O7. The lowest BCUT2D eigenvalue weighted by molar-refractivity contribution is -0.150. The number of aliphatic hydroxyl groups is 1. The Labute approximate surface area is 276 Å². The Balaban J connectivity index is 1.58. The molecule has 3 N–H and O–H groups in total. The first-order chi connectivity index (χ1) is 22.6. The number of nitrogens with zero attached hydrogens (tertiary/aromatic N) is 4. The standard InChI is InChI=1S/C34H50N6O7/c1-22(2)20-25-33(44)40-19-13-15-26(40)34(45)39(4)30(23(3)41)32(43)35-18-12-8-6-5-7-9-17-29-37-28(38-47-29)21-46-27-16-11-10-14-24(27)31(42)36-25/h10-11,14,16,22-23,25-26,30,41H,5-9,12-13,15,17-21H2,1-4H3,(H,35,43)(H,36,42)/t23-,25-,26-,30?/m1/s1. The fraction of sp³-hybridized carbons (Fsp3) is 0.647. The Morgan fingerprint density at radius 2 is 1.70 bits per heavy atom. The number of hydrogen-bond acceptors (Lipinski definition) is 9. The number of aromatic nitrogens is 2. The van der Waals surface area contributed by atoms with Gasteiger partial charge in [-0.2, -0.15) is 4.98 Å². The maximum absolute atomic E-state index is 14.0. The Kier molecular flexibility index (Phi) is 13.1. The summed E-state index contributed by atoms with van der Waals surface area (Å²) in [6, 6.07) is 3.94. The highest BCUT2D eigenvalue weighted by molar-refractivity contribution is 6.00. The summed E-state index contributed by atoms with van der Waals surface area (Å²) >= 11 is 0. The predicted molar refractivity (Wildman–Crippen MR) is 173 cm³/mol. The van der Waals surface area contributed by atoms with Crippen LogP contribution in [0.3, 0.4) is 0 Å². The fourth-order valence-corrected chi connectivity index (χ4v) is 6.30. The van der Waals surface area contributed by atoms with Crippen LogP contribution in [0.1, 0.15) is 101 Å². The van der Waals surface area contributed by atoms with Crippen molar-refractivity contribution < 1.29 is 33.5 Å². The molecule has 2 aromatic rings. The molecule has 3 heterocycles. The summed E-state index contributed by atoms with van der Waals surface area (Å²) in [5.41, 5.74) is 0.249. The number of carbonyl (C=O) groups is 4. The number of aryl methyl sites for hydroxylation is 1. The highest BCUT2D eigenvalue weighted by atomic mass is 16.5. The quantitative estimate of drug-likeness (QED) is 0.451. The molecule has 1 aromatic heterocycles. The van der Waals surface area contributed by atoms with Crippen molar-refractivity contribution in [3.8, 4) is 5.75 Å². The van der Waals surface area contributed by atoms with E-state index in [4.69, 9.17) is 9.26 Å². The van der Waals surface area contributed by atoms with Gasteiger partial charge in [-0.25, -0.2) is 0 Å². The van der Waals surface area contributed by atoms with Crippen molar-refractivity contribution in [2.24, 2.45) is 5.92 Å². The Bertz CT molecular complexity index is 1360. The second-order valence-electron chi connectivity index (χ2n) is 13.0. The van der Waals surface area contributed by atoms with E-state index in [9.17, 15) is 24.3 Å². The molecule has 0 aliphatic carbocycles. The van der Waals surface area contributed by atoms with Crippen LogP contribution in [0.2, 0.25) is 0 Å². The van der Waals surface area contributed by atoms with Gasteiger partial charge in [0.1, 0.15) is 23.9 Å². The number of benzene rings is 1. The second-order valence-corrected chi connectivity index (χ2v) is 13.0. The lowest BCUT2D eigenvalue weighted by atomic mass is 10.0. The summed E-state index contributed by atoms with van der Waals surface area (Å²) in [4.78, 5) is 61.8. The molecule has 1 saturated heterocycles. The van der Waals surface area contributed by atoms with Crippen molar-refractivity contribution >= 4 is 23.6 Å². The molecule has 1 aromatic carbocycles. The molecule has 47 heavy (non-hydrogen) atoms. The topological polar surface area (TPSA) is 167 Å². The first-order valence-corrected chi connectivity index (χ1v) is 16.9. The van der Waals surface area contributed by atoms with Crippen molar-refractivity contribution in [3.63, 3.8) is 0 Å². The van der Waals surface area contributed by atoms with Crippen LogP contribution >= 0.6 is 0 Å². The number of nitrogens with one attached hydrogen (secondary N) is 2. The van der Waals surface area contributed by atoms with E-state index < -0.39 is 42.0 Å². The Hall–Kier alpha value is -4.00. The van der Waals surface area contributed by atoms with Crippen LogP contribution in [0.5, 0.6) is 5.75 Å². The number of fused-ring (bicyclic) bond motifs is 4. The molecule has 1 unspecified atom stereocenters. The fourth-order valence-electron chi connectivity index (χ4n) is 6.30. The van der Waals surface area contributed by atoms with E-state index in [2.05, 4.69) is 20.8 Å². The second kappa shape index (κ2) is 17.2. The first kappa shape index (κ1) is 35.8. The van der Waals surface area contributed by atoms with E-state index in [1.165, 1.54) is 23.8 Å². The van der Waals surface area contributed by atoms with E-state index >= 15 is 0 Å². The average molecular weight is 655 g/mol. The highest BCUT2D eigenvalue weighted by Crippen LogP contribution is 2.25. The molecule has 0 radical (unpaired) electrons. The van der Waals surface area contributed by atoms with Crippen molar-refractivity contribution in [1.82, 2.24) is 30.6 Å². The minimum absolute atomic E-state index is 0.0111. The number of aliphatic hydroxyl groups excluding tert-OH is 1. The Morgan fingerprint density at radius 1 is 0.979 bits per heavy atom. The van der Waals surface area contributed by atoms with Gasteiger partial charge in [-0.05, 0) is 57.1 Å². The summed E-state index contributed by atoms with van der Waals surface area (Å²) in [6.45, 7) is 6.18. The maximum atomic E-state index is 14.0. The summed E-state index contributed by atoms with van der Waals surface area (Å²) in [5.74, 6) is -0.426. The van der Waals surface area contributed by atoms with E-state index in [0.717, 1.165) is 38.5 Å². The van der Waals surface area contributed by atoms with E-state index in [-0.39, 0.29) is 24.0 Å². The third-order valence-electron chi connectivity index (χ3n) is 8.74. The van der Waals surface area contributed by atoms with E-state index in [1.807, 2.05) is 13.8 Å². The molecule has 4 amide bonds.